The first-order chi connectivity index (χ1) is 12.7. The molecular formula is C19H21N3O4. The Morgan fingerprint density at radius 2 is 1.88 bits per heavy atom. The summed E-state index contributed by atoms with van der Waals surface area (Å²) in [5.74, 6) is 1.00. The third-order valence-electron chi connectivity index (χ3n) is 5.30. The highest BCUT2D eigenvalue weighted by atomic mass is 16.6. The van der Waals surface area contributed by atoms with Crippen LogP contribution in [0.3, 0.4) is 0 Å². The second-order valence-electron chi connectivity index (χ2n) is 6.96. The molecule has 3 aliphatic heterocycles. The highest BCUT2D eigenvalue weighted by Gasteiger charge is 2.38. The molecule has 136 valence electrons. The molecule has 0 aromatic heterocycles. The van der Waals surface area contributed by atoms with Gasteiger partial charge in [-0.05, 0) is 25.0 Å². The normalized spacial score (nSPS) is 23.0. The Morgan fingerprint density at radius 1 is 1.15 bits per heavy atom. The van der Waals surface area contributed by atoms with Gasteiger partial charge in [0, 0.05) is 43.7 Å². The molecule has 1 aromatic carbocycles. The number of rotatable bonds is 2. The number of benzene rings is 1. The number of hydrogen-bond donors (Lipinski definition) is 0. The number of anilines is 1. The van der Waals surface area contributed by atoms with Gasteiger partial charge in [0.1, 0.15) is 13.2 Å². The van der Waals surface area contributed by atoms with Crippen molar-refractivity contribution >= 4 is 17.5 Å². The Morgan fingerprint density at radius 3 is 2.62 bits per heavy atom. The van der Waals surface area contributed by atoms with Crippen LogP contribution in [0.4, 0.5) is 5.69 Å². The van der Waals surface area contributed by atoms with E-state index < -0.39 is 0 Å². The maximum Gasteiger partial charge on any atom is 0.228 e. The zero-order valence-corrected chi connectivity index (χ0v) is 14.5. The number of hydrogen-bond acceptors (Lipinski definition) is 5. The lowest BCUT2D eigenvalue weighted by Gasteiger charge is -2.31. The molecule has 7 heteroatoms. The van der Waals surface area contributed by atoms with Crippen LogP contribution in [0.25, 0.3) is 0 Å². The molecule has 1 aromatic rings. The van der Waals surface area contributed by atoms with E-state index in [-0.39, 0.29) is 30.1 Å². The van der Waals surface area contributed by atoms with Gasteiger partial charge in [-0.3, -0.25) is 9.59 Å². The number of piperidine rings is 1. The van der Waals surface area contributed by atoms with Gasteiger partial charge >= 0.3 is 0 Å². The predicted molar refractivity (Wildman–Crippen MR) is 92.8 cm³/mol. The molecule has 0 spiro atoms. The van der Waals surface area contributed by atoms with E-state index in [2.05, 4.69) is 6.07 Å². The number of fused-ring (bicyclic) bond motifs is 1. The number of nitrogens with zero attached hydrogens (tertiary/aromatic N) is 3. The smallest absolute Gasteiger partial charge is 0.228 e. The van der Waals surface area contributed by atoms with Gasteiger partial charge < -0.3 is 19.3 Å². The molecule has 0 bridgehead atoms. The van der Waals surface area contributed by atoms with Crippen LogP contribution in [0, 0.1) is 23.2 Å². The van der Waals surface area contributed by atoms with Crippen LogP contribution >= 0.6 is 0 Å². The SMILES string of the molecule is N#CC1CCN(C(=O)C2CC(=O)N(c3ccc4c(c3)OCCO4)C2)CC1. The van der Waals surface area contributed by atoms with E-state index in [0.29, 0.717) is 44.3 Å². The fourth-order valence-electron chi connectivity index (χ4n) is 3.81. The molecule has 0 aliphatic carbocycles. The molecule has 3 aliphatic rings. The molecule has 0 saturated carbocycles. The molecule has 2 amide bonds. The van der Waals surface area contributed by atoms with Gasteiger partial charge in [-0.2, -0.15) is 5.26 Å². The summed E-state index contributed by atoms with van der Waals surface area (Å²) in [6.07, 6.45) is 1.66. The molecule has 1 unspecified atom stereocenters. The highest BCUT2D eigenvalue weighted by molar-refractivity contribution is 6.00. The van der Waals surface area contributed by atoms with Gasteiger partial charge in [0.15, 0.2) is 11.5 Å². The van der Waals surface area contributed by atoms with Crippen molar-refractivity contribution in [2.75, 3.05) is 37.7 Å². The fraction of sp³-hybridized carbons (Fsp3) is 0.526. The summed E-state index contributed by atoms with van der Waals surface area (Å²) >= 11 is 0. The first-order valence-electron chi connectivity index (χ1n) is 9.04. The Balaban J connectivity index is 1.44. The van der Waals surface area contributed by atoms with Gasteiger partial charge in [0.25, 0.3) is 0 Å². The predicted octanol–water partition coefficient (Wildman–Crippen LogP) is 1.57. The summed E-state index contributed by atoms with van der Waals surface area (Å²) < 4.78 is 11.1. The number of likely N-dealkylation sites (tertiary alicyclic amines) is 1. The van der Waals surface area contributed by atoms with Crippen molar-refractivity contribution in [3.8, 4) is 17.6 Å². The lowest BCUT2D eigenvalue weighted by atomic mass is 9.97. The number of ether oxygens (including phenoxy) is 2. The van der Waals surface area contributed by atoms with E-state index in [9.17, 15) is 9.59 Å². The molecule has 3 heterocycles. The lowest BCUT2D eigenvalue weighted by Crippen LogP contribution is -2.42. The number of carbonyl (C=O) groups is 2. The Labute approximate surface area is 152 Å². The molecule has 2 fully saturated rings. The largest absolute Gasteiger partial charge is 0.486 e. The van der Waals surface area contributed by atoms with Crippen LogP contribution in [0.5, 0.6) is 11.5 Å². The van der Waals surface area contributed by atoms with Gasteiger partial charge in [0.05, 0.1) is 12.0 Å². The van der Waals surface area contributed by atoms with Crippen molar-refractivity contribution in [2.45, 2.75) is 19.3 Å². The third kappa shape index (κ3) is 3.07. The highest BCUT2D eigenvalue weighted by Crippen LogP contribution is 2.36. The van der Waals surface area contributed by atoms with Crippen LogP contribution in [0.15, 0.2) is 18.2 Å². The van der Waals surface area contributed by atoms with Gasteiger partial charge in [-0.15, -0.1) is 0 Å². The van der Waals surface area contributed by atoms with Crippen molar-refractivity contribution in [1.82, 2.24) is 4.90 Å². The summed E-state index contributed by atoms with van der Waals surface area (Å²) in [5, 5.41) is 8.98. The minimum atomic E-state index is -0.325. The Hall–Kier alpha value is -2.75. The maximum absolute atomic E-state index is 12.8. The van der Waals surface area contributed by atoms with Gasteiger partial charge in [-0.25, -0.2) is 0 Å². The van der Waals surface area contributed by atoms with Crippen molar-refractivity contribution in [2.24, 2.45) is 11.8 Å². The quantitative estimate of drug-likeness (QED) is 0.804. The van der Waals surface area contributed by atoms with Crippen molar-refractivity contribution in [1.29, 1.82) is 5.26 Å². The second kappa shape index (κ2) is 6.87. The zero-order chi connectivity index (χ0) is 18.1. The first-order valence-corrected chi connectivity index (χ1v) is 9.04. The first kappa shape index (κ1) is 16.7. The zero-order valence-electron chi connectivity index (χ0n) is 14.5. The second-order valence-corrected chi connectivity index (χ2v) is 6.96. The van der Waals surface area contributed by atoms with E-state index in [1.54, 1.807) is 21.9 Å². The topological polar surface area (TPSA) is 82.9 Å². The van der Waals surface area contributed by atoms with E-state index in [4.69, 9.17) is 14.7 Å². The summed E-state index contributed by atoms with van der Waals surface area (Å²) in [5.41, 5.74) is 0.734. The molecule has 4 rings (SSSR count). The monoisotopic (exact) mass is 355 g/mol. The summed E-state index contributed by atoms with van der Waals surface area (Å²) in [7, 11) is 0. The van der Waals surface area contributed by atoms with Crippen molar-refractivity contribution < 1.29 is 19.1 Å². The summed E-state index contributed by atoms with van der Waals surface area (Å²) in [6.45, 7) is 2.60. The maximum atomic E-state index is 12.8. The third-order valence-corrected chi connectivity index (χ3v) is 5.30. The summed E-state index contributed by atoms with van der Waals surface area (Å²) in [4.78, 5) is 28.7. The standard InChI is InChI=1S/C19H21N3O4/c20-11-13-3-5-21(6-4-13)19(24)14-9-18(23)22(12-14)15-1-2-16-17(10-15)26-8-7-25-16/h1-2,10,13-14H,3-9,12H2. The Kier molecular flexibility index (Phi) is 4.41. The molecule has 0 N–H and O–H groups in total. The molecule has 2 saturated heterocycles. The van der Waals surface area contributed by atoms with Crippen LogP contribution in [0.1, 0.15) is 19.3 Å². The minimum absolute atomic E-state index is 0.0229. The van der Waals surface area contributed by atoms with E-state index in [1.165, 1.54) is 0 Å². The molecule has 1 atom stereocenters. The minimum Gasteiger partial charge on any atom is -0.486 e. The van der Waals surface area contributed by atoms with E-state index in [1.807, 2.05) is 6.07 Å². The van der Waals surface area contributed by atoms with Crippen LogP contribution < -0.4 is 14.4 Å². The van der Waals surface area contributed by atoms with Crippen LogP contribution in [-0.4, -0.2) is 49.6 Å². The van der Waals surface area contributed by atoms with Gasteiger partial charge in [0.2, 0.25) is 11.8 Å². The molecule has 0 radical (unpaired) electrons. The fourth-order valence-corrected chi connectivity index (χ4v) is 3.81. The molecule has 26 heavy (non-hydrogen) atoms. The van der Waals surface area contributed by atoms with Crippen molar-refractivity contribution in [3.05, 3.63) is 18.2 Å². The Bertz CT molecular complexity index is 765. The van der Waals surface area contributed by atoms with E-state index >= 15 is 0 Å². The number of amides is 2. The average molecular weight is 355 g/mol. The van der Waals surface area contributed by atoms with Crippen LogP contribution in [-0.2, 0) is 9.59 Å². The average Bonchev–Trinajstić information content (AvgIpc) is 3.08. The molecule has 7 nitrogen and oxygen atoms in total. The molecular weight excluding hydrogens is 334 g/mol. The lowest BCUT2D eigenvalue weighted by molar-refractivity contribution is -0.136. The number of nitriles is 1. The van der Waals surface area contributed by atoms with Gasteiger partial charge in [-0.1, -0.05) is 0 Å². The summed E-state index contributed by atoms with van der Waals surface area (Å²) in [6, 6.07) is 7.71. The van der Waals surface area contributed by atoms with Crippen LogP contribution in [0.2, 0.25) is 0 Å². The van der Waals surface area contributed by atoms with Crippen molar-refractivity contribution in [3.63, 3.8) is 0 Å². The number of carbonyl (C=O) groups excluding carboxylic acids is 2. The van der Waals surface area contributed by atoms with E-state index in [0.717, 1.165) is 18.5 Å².